The largest absolute Gasteiger partial charge is 0.491 e. The third-order valence-electron chi connectivity index (χ3n) is 2.52. The number of benzene rings is 2. The Bertz CT molecular complexity index is 495. The van der Waals surface area contributed by atoms with E-state index in [9.17, 15) is 0 Å². The minimum Gasteiger partial charge on any atom is -0.491 e. The van der Waals surface area contributed by atoms with E-state index in [2.05, 4.69) is 36.4 Å². The zero-order valence-electron chi connectivity index (χ0n) is 10.8. The number of hydrogen-bond acceptors (Lipinski definition) is 1. The molecule has 2 rings (SSSR count). The lowest BCUT2D eigenvalue weighted by molar-refractivity contribution is 0.242. The van der Waals surface area contributed by atoms with Gasteiger partial charge >= 0.3 is 0 Å². The molecule has 0 heterocycles. The summed E-state index contributed by atoms with van der Waals surface area (Å²) in [4.78, 5) is 0. The highest BCUT2D eigenvalue weighted by atomic mass is 16.5. The van der Waals surface area contributed by atoms with Gasteiger partial charge in [-0.25, -0.2) is 0 Å². The first-order valence-electron chi connectivity index (χ1n) is 6.24. The average molecular weight is 238 g/mol. The highest BCUT2D eigenvalue weighted by Crippen LogP contribution is 2.15. The van der Waals surface area contributed by atoms with Crippen LogP contribution in [0.25, 0.3) is 12.2 Å². The van der Waals surface area contributed by atoms with Crippen LogP contribution in [0, 0.1) is 0 Å². The first-order chi connectivity index (χ1) is 8.74. The molecule has 0 atom stereocenters. The van der Waals surface area contributed by atoms with E-state index in [1.807, 2.05) is 44.2 Å². The van der Waals surface area contributed by atoms with E-state index in [1.165, 1.54) is 11.1 Å². The van der Waals surface area contributed by atoms with Gasteiger partial charge in [0.15, 0.2) is 0 Å². The predicted molar refractivity (Wildman–Crippen MR) is 77.6 cm³/mol. The summed E-state index contributed by atoms with van der Waals surface area (Å²) in [5.41, 5.74) is 2.38. The molecule has 0 amide bonds. The molecule has 0 radical (unpaired) electrons. The van der Waals surface area contributed by atoms with Crippen LogP contribution in [0.4, 0.5) is 0 Å². The van der Waals surface area contributed by atoms with Gasteiger partial charge in [0, 0.05) is 0 Å². The molecule has 2 aromatic rings. The highest BCUT2D eigenvalue weighted by molar-refractivity contribution is 5.69. The topological polar surface area (TPSA) is 9.23 Å². The van der Waals surface area contributed by atoms with Gasteiger partial charge in [-0.15, -0.1) is 0 Å². The van der Waals surface area contributed by atoms with Crippen molar-refractivity contribution in [3.63, 3.8) is 0 Å². The molecular formula is C17H18O. The van der Waals surface area contributed by atoms with E-state index in [1.54, 1.807) is 0 Å². The fourth-order valence-corrected chi connectivity index (χ4v) is 1.69. The maximum atomic E-state index is 5.61. The summed E-state index contributed by atoms with van der Waals surface area (Å²) in [7, 11) is 0. The van der Waals surface area contributed by atoms with Crippen LogP contribution in [0.5, 0.6) is 5.75 Å². The van der Waals surface area contributed by atoms with Gasteiger partial charge in [0.05, 0.1) is 6.10 Å². The third-order valence-corrected chi connectivity index (χ3v) is 2.52. The molecule has 0 bridgehead atoms. The number of rotatable bonds is 4. The van der Waals surface area contributed by atoms with E-state index >= 15 is 0 Å². The molecule has 1 nitrogen and oxygen atoms in total. The fraction of sp³-hybridized carbons (Fsp3) is 0.176. The lowest BCUT2D eigenvalue weighted by atomic mass is 10.1. The quantitative estimate of drug-likeness (QED) is 0.705. The highest BCUT2D eigenvalue weighted by Gasteiger charge is 1.96. The normalized spacial score (nSPS) is 11.1. The Morgan fingerprint density at radius 1 is 0.778 bits per heavy atom. The smallest absolute Gasteiger partial charge is 0.119 e. The van der Waals surface area contributed by atoms with Crippen molar-refractivity contribution in [2.75, 3.05) is 0 Å². The Hall–Kier alpha value is -2.02. The van der Waals surface area contributed by atoms with Crippen LogP contribution in [0.2, 0.25) is 0 Å². The van der Waals surface area contributed by atoms with Gasteiger partial charge in [-0.05, 0) is 37.1 Å². The van der Waals surface area contributed by atoms with Crippen molar-refractivity contribution in [2.24, 2.45) is 0 Å². The summed E-state index contributed by atoms with van der Waals surface area (Å²) < 4.78 is 5.61. The lowest BCUT2D eigenvalue weighted by Gasteiger charge is -2.09. The molecule has 0 unspecified atom stereocenters. The van der Waals surface area contributed by atoms with Gasteiger partial charge in [0.1, 0.15) is 5.75 Å². The second-order valence-electron chi connectivity index (χ2n) is 4.48. The van der Waals surface area contributed by atoms with Crippen LogP contribution in [0.1, 0.15) is 25.0 Å². The van der Waals surface area contributed by atoms with Gasteiger partial charge in [0.25, 0.3) is 0 Å². The first-order valence-corrected chi connectivity index (χ1v) is 6.24. The van der Waals surface area contributed by atoms with Gasteiger partial charge in [-0.3, -0.25) is 0 Å². The minimum atomic E-state index is 0.218. The zero-order chi connectivity index (χ0) is 12.8. The average Bonchev–Trinajstić information content (AvgIpc) is 2.38. The molecule has 0 aromatic heterocycles. The summed E-state index contributed by atoms with van der Waals surface area (Å²) in [6.45, 7) is 4.06. The van der Waals surface area contributed by atoms with E-state index in [0.717, 1.165) is 5.75 Å². The number of hydrogen-bond donors (Lipinski definition) is 0. The Labute approximate surface area is 109 Å². The summed E-state index contributed by atoms with van der Waals surface area (Å²) in [5, 5.41) is 0. The zero-order valence-corrected chi connectivity index (χ0v) is 10.8. The van der Waals surface area contributed by atoms with Crippen LogP contribution in [0.3, 0.4) is 0 Å². The Morgan fingerprint density at radius 2 is 1.33 bits per heavy atom. The second kappa shape index (κ2) is 6.06. The van der Waals surface area contributed by atoms with Gasteiger partial charge in [-0.1, -0.05) is 54.6 Å². The van der Waals surface area contributed by atoms with Crippen molar-refractivity contribution in [2.45, 2.75) is 20.0 Å². The predicted octanol–water partition coefficient (Wildman–Crippen LogP) is 4.64. The lowest BCUT2D eigenvalue weighted by Crippen LogP contribution is -2.05. The third kappa shape index (κ3) is 3.77. The molecule has 18 heavy (non-hydrogen) atoms. The maximum absolute atomic E-state index is 5.61. The SMILES string of the molecule is CC(C)Oc1ccc(/C=C/c2ccccc2)cc1. The van der Waals surface area contributed by atoms with Crippen molar-refractivity contribution in [3.05, 3.63) is 65.7 Å². The Kier molecular flexibility index (Phi) is 4.19. The summed E-state index contributed by atoms with van der Waals surface area (Å²) in [5.74, 6) is 0.918. The molecule has 0 saturated heterocycles. The molecular weight excluding hydrogens is 220 g/mol. The molecule has 0 aliphatic carbocycles. The van der Waals surface area contributed by atoms with Crippen molar-refractivity contribution in [1.29, 1.82) is 0 Å². The van der Waals surface area contributed by atoms with Crippen molar-refractivity contribution in [1.82, 2.24) is 0 Å². The minimum absolute atomic E-state index is 0.218. The van der Waals surface area contributed by atoms with Crippen LogP contribution in [-0.2, 0) is 0 Å². The van der Waals surface area contributed by atoms with E-state index in [-0.39, 0.29) is 6.10 Å². The standard InChI is InChI=1S/C17H18O/c1-14(2)18-17-12-10-16(11-13-17)9-8-15-6-4-3-5-7-15/h3-14H,1-2H3/b9-8+. The number of ether oxygens (including phenoxy) is 1. The first kappa shape index (κ1) is 12.4. The molecule has 0 spiro atoms. The van der Waals surface area contributed by atoms with Crippen LogP contribution in [-0.4, -0.2) is 6.10 Å². The van der Waals surface area contributed by atoms with Crippen LogP contribution < -0.4 is 4.74 Å². The Balaban J connectivity index is 2.04. The monoisotopic (exact) mass is 238 g/mol. The molecule has 0 aliphatic rings. The fourth-order valence-electron chi connectivity index (χ4n) is 1.69. The molecule has 92 valence electrons. The van der Waals surface area contributed by atoms with Crippen LogP contribution >= 0.6 is 0 Å². The van der Waals surface area contributed by atoms with E-state index in [4.69, 9.17) is 4.74 Å². The summed E-state index contributed by atoms with van der Waals surface area (Å²) in [6, 6.07) is 18.4. The summed E-state index contributed by atoms with van der Waals surface area (Å²) >= 11 is 0. The van der Waals surface area contributed by atoms with Gasteiger partial charge in [-0.2, -0.15) is 0 Å². The van der Waals surface area contributed by atoms with Crippen LogP contribution in [0.15, 0.2) is 54.6 Å². The van der Waals surface area contributed by atoms with Crippen molar-refractivity contribution >= 4 is 12.2 Å². The molecule has 1 heteroatoms. The maximum Gasteiger partial charge on any atom is 0.119 e. The molecule has 0 saturated carbocycles. The second-order valence-corrected chi connectivity index (χ2v) is 4.48. The molecule has 0 fully saturated rings. The van der Waals surface area contributed by atoms with E-state index < -0.39 is 0 Å². The Morgan fingerprint density at radius 3 is 1.89 bits per heavy atom. The van der Waals surface area contributed by atoms with E-state index in [0.29, 0.717) is 0 Å². The summed E-state index contributed by atoms with van der Waals surface area (Å²) in [6.07, 6.45) is 4.43. The van der Waals surface area contributed by atoms with Gasteiger partial charge in [0.2, 0.25) is 0 Å². The van der Waals surface area contributed by atoms with Crippen molar-refractivity contribution in [3.8, 4) is 5.75 Å². The van der Waals surface area contributed by atoms with Crippen molar-refractivity contribution < 1.29 is 4.74 Å². The molecule has 2 aromatic carbocycles. The molecule has 0 N–H and O–H groups in total. The molecule has 0 aliphatic heterocycles. The van der Waals surface area contributed by atoms with Gasteiger partial charge < -0.3 is 4.74 Å².